The van der Waals surface area contributed by atoms with Crippen LogP contribution in [0.2, 0.25) is 0 Å². The van der Waals surface area contributed by atoms with Gasteiger partial charge in [-0.3, -0.25) is 9.59 Å². The summed E-state index contributed by atoms with van der Waals surface area (Å²) in [6, 6.07) is 14.1. The van der Waals surface area contributed by atoms with Crippen LogP contribution in [0.4, 0.5) is 5.69 Å². The molecule has 0 aliphatic heterocycles. The summed E-state index contributed by atoms with van der Waals surface area (Å²) in [5.74, 6) is -0.379. The molecule has 2 N–H and O–H groups in total. The second-order valence-electron chi connectivity index (χ2n) is 4.48. The van der Waals surface area contributed by atoms with Crippen molar-refractivity contribution in [1.29, 1.82) is 0 Å². The van der Waals surface area contributed by atoms with E-state index in [9.17, 15) is 9.59 Å². The van der Waals surface area contributed by atoms with E-state index in [4.69, 9.17) is 0 Å². The molecule has 2 aromatic rings. The van der Waals surface area contributed by atoms with Gasteiger partial charge in [0.25, 0.3) is 11.8 Å². The minimum atomic E-state index is -0.195. The highest BCUT2D eigenvalue weighted by molar-refractivity contribution is 6.05. The maximum atomic E-state index is 12.1. The van der Waals surface area contributed by atoms with Crippen molar-refractivity contribution in [3.8, 4) is 0 Å². The largest absolute Gasteiger partial charge is 0.355 e. The molecule has 2 aromatic carbocycles. The molecule has 0 aliphatic rings. The molecule has 0 saturated carbocycles. The fourth-order valence-corrected chi connectivity index (χ4v) is 1.79. The van der Waals surface area contributed by atoms with Crippen molar-refractivity contribution in [2.75, 3.05) is 12.4 Å². The maximum Gasteiger partial charge on any atom is 0.255 e. The Morgan fingerprint density at radius 3 is 2.25 bits per heavy atom. The molecule has 0 radical (unpaired) electrons. The number of amides is 2. The van der Waals surface area contributed by atoms with Gasteiger partial charge in [-0.15, -0.1) is 0 Å². The van der Waals surface area contributed by atoms with Crippen LogP contribution in [0, 0.1) is 6.92 Å². The number of nitrogens with one attached hydrogen (secondary N) is 2. The standard InChI is InChI=1S/C16H16N2O2/c1-11-6-8-12(9-7-11)16(20)18-14-5-3-4-13(10-14)15(19)17-2/h3-10H,1-2H3,(H,17,19)(H,18,20). The first-order valence-corrected chi connectivity index (χ1v) is 6.30. The summed E-state index contributed by atoms with van der Waals surface area (Å²) in [7, 11) is 1.57. The Bertz CT molecular complexity index is 633. The number of aryl methyl sites for hydroxylation is 1. The highest BCUT2D eigenvalue weighted by Gasteiger charge is 2.08. The molecule has 0 unspecified atom stereocenters. The smallest absolute Gasteiger partial charge is 0.255 e. The van der Waals surface area contributed by atoms with Crippen LogP contribution >= 0.6 is 0 Å². The molecule has 4 nitrogen and oxygen atoms in total. The molecule has 0 aliphatic carbocycles. The summed E-state index contributed by atoms with van der Waals surface area (Å²) < 4.78 is 0. The fourth-order valence-electron chi connectivity index (χ4n) is 1.79. The minimum absolute atomic E-state index is 0.184. The summed E-state index contributed by atoms with van der Waals surface area (Å²) in [5, 5.41) is 5.33. The molecule has 4 heteroatoms. The SMILES string of the molecule is CNC(=O)c1cccc(NC(=O)c2ccc(C)cc2)c1. The van der Waals surface area contributed by atoms with Gasteiger partial charge in [-0.05, 0) is 37.3 Å². The highest BCUT2D eigenvalue weighted by Crippen LogP contribution is 2.13. The first kappa shape index (κ1) is 13.8. The Balaban J connectivity index is 2.15. The average Bonchev–Trinajstić information content (AvgIpc) is 2.47. The zero-order chi connectivity index (χ0) is 14.5. The Morgan fingerprint density at radius 1 is 0.900 bits per heavy atom. The van der Waals surface area contributed by atoms with Crippen molar-refractivity contribution in [3.05, 3.63) is 65.2 Å². The first-order chi connectivity index (χ1) is 9.60. The van der Waals surface area contributed by atoms with Crippen molar-refractivity contribution in [2.45, 2.75) is 6.92 Å². The van der Waals surface area contributed by atoms with Crippen molar-refractivity contribution < 1.29 is 9.59 Å². The van der Waals surface area contributed by atoms with Gasteiger partial charge in [0.15, 0.2) is 0 Å². The lowest BCUT2D eigenvalue weighted by Crippen LogP contribution is -2.18. The fraction of sp³-hybridized carbons (Fsp3) is 0.125. The van der Waals surface area contributed by atoms with Gasteiger partial charge in [0.1, 0.15) is 0 Å². The number of carbonyl (C=O) groups excluding carboxylic acids is 2. The van der Waals surface area contributed by atoms with E-state index < -0.39 is 0 Å². The van der Waals surface area contributed by atoms with E-state index in [0.29, 0.717) is 16.8 Å². The molecule has 0 atom stereocenters. The molecule has 102 valence electrons. The van der Waals surface area contributed by atoms with Crippen LogP contribution in [0.1, 0.15) is 26.3 Å². The van der Waals surface area contributed by atoms with E-state index in [1.165, 1.54) is 0 Å². The number of rotatable bonds is 3. The van der Waals surface area contributed by atoms with Crippen LogP contribution in [0.3, 0.4) is 0 Å². The molecule has 0 spiro atoms. The topological polar surface area (TPSA) is 58.2 Å². The molecular formula is C16H16N2O2. The van der Waals surface area contributed by atoms with Crippen LogP contribution < -0.4 is 10.6 Å². The lowest BCUT2D eigenvalue weighted by Gasteiger charge is -2.07. The van der Waals surface area contributed by atoms with Crippen LogP contribution in [-0.2, 0) is 0 Å². The van der Waals surface area contributed by atoms with Crippen molar-refractivity contribution in [3.63, 3.8) is 0 Å². The van der Waals surface area contributed by atoms with Crippen LogP contribution in [0.15, 0.2) is 48.5 Å². The summed E-state index contributed by atoms with van der Waals surface area (Å²) in [5.41, 5.74) is 2.79. The zero-order valence-corrected chi connectivity index (χ0v) is 11.4. The number of anilines is 1. The summed E-state index contributed by atoms with van der Waals surface area (Å²) in [4.78, 5) is 23.6. The van der Waals surface area contributed by atoms with Gasteiger partial charge in [-0.1, -0.05) is 23.8 Å². The Kier molecular flexibility index (Phi) is 4.15. The second-order valence-corrected chi connectivity index (χ2v) is 4.48. The predicted octanol–water partition coefficient (Wildman–Crippen LogP) is 2.61. The van der Waals surface area contributed by atoms with E-state index in [-0.39, 0.29) is 11.8 Å². The molecule has 2 amide bonds. The van der Waals surface area contributed by atoms with E-state index in [0.717, 1.165) is 5.56 Å². The van der Waals surface area contributed by atoms with Crippen molar-refractivity contribution in [1.82, 2.24) is 5.32 Å². The molecule has 0 heterocycles. The monoisotopic (exact) mass is 268 g/mol. The van der Waals surface area contributed by atoms with Gasteiger partial charge < -0.3 is 10.6 Å². The summed E-state index contributed by atoms with van der Waals surface area (Å²) in [6.07, 6.45) is 0. The van der Waals surface area contributed by atoms with Crippen LogP contribution in [-0.4, -0.2) is 18.9 Å². The number of carbonyl (C=O) groups is 2. The summed E-state index contributed by atoms with van der Waals surface area (Å²) in [6.45, 7) is 1.97. The lowest BCUT2D eigenvalue weighted by atomic mass is 10.1. The van der Waals surface area contributed by atoms with Crippen molar-refractivity contribution >= 4 is 17.5 Å². The molecule has 0 saturated heterocycles. The molecule has 2 rings (SSSR count). The minimum Gasteiger partial charge on any atom is -0.355 e. The number of benzene rings is 2. The highest BCUT2D eigenvalue weighted by atomic mass is 16.2. The third-order valence-corrected chi connectivity index (χ3v) is 2.92. The lowest BCUT2D eigenvalue weighted by molar-refractivity contribution is 0.0961. The van der Waals surface area contributed by atoms with Gasteiger partial charge >= 0.3 is 0 Å². The van der Waals surface area contributed by atoms with E-state index >= 15 is 0 Å². The van der Waals surface area contributed by atoms with Crippen molar-refractivity contribution in [2.24, 2.45) is 0 Å². The van der Waals surface area contributed by atoms with Gasteiger partial charge in [0.05, 0.1) is 0 Å². The molecular weight excluding hydrogens is 252 g/mol. The van der Waals surface area contributed by atoms with E-state index in [1.807, 2.05) is 19.1 Å². The Morgan fingerprint density at radius 2 is 1.60 bits per heavy atom. The Labute approximate surface area is 117 Å². The first-order valence-electron chi connectivity index (χ1n) is 6.30. The van der Waals surface area contributed by atoms with Gasteiger partial charge in [0, 0.05) is 23.9 Å². The molecule has 0 bridgehead atoms. The normalized spacial score (nSPS) is 9.90. The predicted molar refractivity (Wildman–Crippen MR) is 79.0 cm³/mol. The quantitative estimate of drug-likeness (QED) is 0.899. The second kappa shape index (κ2) is 6.02. The maximum absolute atomic E-state index is 12.1. The average molecular weight is 268 g/mol. The zero-order valence-electron chi connectivity index (χ0n) is 11.4. The molecule has 0 fully saturated rings. The van der Waals surface area contributed by atoms with Gasteiger partial charge in [-0.2, -0.15) is 0 Å². The van der Waals surface area contributed by atoms with E-state index in [1.54, 1.807) is 43.4 Å². The van der Waals surface area contributed by atoms with Gasteiger partial charge in [-0.25, -0.2) is 0 Å². The van der Waals surface area contributed by atoms with Crippen LogP contribution in [0.25, 0.3) is 0 Å². The third kappa shape index (κ3) is 3.23. The van der Waals surface area contributed by atoms with Gasteiger partial charge in [0.2, 0.25) is 0 Å². The summed E-state index contributed by atoms with van der Waals surface area (Å²) >= 11 is 0. The number of hydrogen-bond donors (Lipinski definition) is 2. The number of hydrogen-bond acceptors (Lipinski definition) is 2. The van der Waals surface area contributed by atoms with Crippen LogP contribution in [0.5, 0.6) is 0 Å². The Hall–Kier alpha value is -2.62. The van der Waals surface area contributed by atoms with E-state index in [2.05, 4.69) is 10.6 Å². The molecule has 0 aromatic heterocycles. The third-order valence-electron chi connectivity index (χ3n) is 2.92. The molecule has 20 heavy (non-hydrogen) atoms.